The smallest absolute Gasteiger partial charge is 0.222 e. The highest BCUT2D eigenvalue weighted by Gasteiger charge is 2.42. The number of carbonyl (C=O) groups is 1. The van der Waals surface area contributed by atoms with Gasteiger partial charge in [0.05, 0.1) is 5.60 Å². The lowest BCUT2D eigenvalue weighted by Gasteiger charge is -2.43. The third kappa shape index (κ3) is 7.33. The Morgan fingerprint density at radius 3 is 2.89 bits per heavy atom. The second-order valence-corrected chi connectivity index (χ2v) is 12.0. The minimum atomic E-state index is -0.955. The van der Waals surface area contributed by atoms with E-state index in [0.29, 0.717) is 37.8 Å². The van der Waals surface area contributed by atoms with Crippen LogP contribution in [0.25, 0.3) is 10.1 Å². The number of benzene rings is 1. The summed E-state index contributed by atoms with van der Waals surface area (Å²) < 4.78 is 12.0. The van der Waals surface area contributed by atoms with Gasteiger partial charge in [-0.3, -0.25) is 4.79 Å². The van der Waals surface area contributed by atoms with Gasteiger partial charge in [-0.05, 0) is 93.6 Å². The van der Waals surface area contributed by atoms with Gasteiger partial charge in [-0.25, -0.2) is 0 Å². The molecule has 2 aliphatic rings. The van der Waals surface area contributed by atoms with Gasteiger partial charge in [0.15, 0.2) is 0 Å². The quantitative estimate of drug-likeness (QED) is 0.349. The standard InChI is InChI=1S/C30H46N2O4S/c1-31-21-24(19-23-10-16-36-17-11-23)20-28(33)32-14-6-8-26(22-32)30(34,13-3-4-15-35-2)27-9-5-7-25-12-18-37-29(25)27/h5,7,9,12,18,23-24,26,31,34H,3-4,6,8,10-11,13-17,19-22H2,1-2H3/t24?,26-,30+/m1/s1. The number of amides is 1. The Labute approximate surface area is 226 Å². The molecule has 2 N–H and O–H groups in total. The van der Waals surface area contributed by atoms with Crippen molar-refractivity contribution in [1.82, 2.24) is 10.2 Å². The molecule has 6 nitrogen and oxygen atoms in total. The zero-order valence-electron chi connectivity index (χ0n) is 22.8. The summed E-state index contributed by atoms with van der Waals surface area (Å²) in [6.07, 6.45) is 8.25. The molecule has 2 aliphatic heterocycles. The van der Waals surface area contributed by atoms with Crippen LogP contribution in [0.1, 0.15) is 63.4 Å². The van der Waals surface area contributed by atoms with Crippen molar-refractivity contribution in [2.75, 3.05) is 53.6 Å². The van der Waals surface area contributed by atoms with Crippen molar-refractivity contribution >= 4 is 27.3 Å². The molecular weight excluding hydrogens is 484 g/mol. The van der Waals surface area contributed by atoms with E-state index in [1.54, 1.807) is 18.4 Å². The number of unbranched alkanes of at least 4 members (excludes halogenated alkanes) is 1. The number of fused-ring (bicyclic) bond motifs is 1. The summed E-state index contributed by atoms with van der Waals surface area (Å²) in [4.78, 5) is 15.6. The van der Waals surface area contributed by atoms with E-state index in [1.807, 2.05) is 7.05 Å². The molecule has 7 heteroatoms. The largest absolute Gasteiger partial charge is 0.385 e. The zero-order valence-corrected chi connectivity index (χ0v) is 23.6. The number of nitrogens with one attached hydrogen (secondary N) is 1. The van der Waals surface area contributed by atoms with E-state index in [2.05, 4.69) is 39.9 Å². The van der Waals surface area contributed by atoms with Crippen molar-refractivity contribution in [3.8, 4) is 0 Å². The van der Waals surface area contributed by atoms with Gasteiger partial charge >= 0.3 is 0 Å². The minimum absolute atomic E-state index is 0.0266. The van der Waals surface area contributed by atoms with Crippen LogP contribution in [0.15, 0.2) is 29.6 Å². The minimum Gasteiger partial charge on any atom is -0.385 e. The van der Waals surface area contributed by atoms with Crippen LogP contribution in [-0.4, -0.2) is 69.5 Å². The molecule has 2 saturated heterocycles. The molecule has 0 radical (unpaired) electrons. The lowest BCUT2D eigenvalue weighted by atomic mass is 9.73. The lowest BCUT2D eigenvalue weighted by Crippen LogP contribution is -2.48. The summed E-state index contributed by atoms with van der Waals surface area (Å²) in [5.74, 6) is 1.26. The fourth-order valence-corrected chi connectivity index (χ4v) is 7.48. The molecule has 206 valence electrons. The monoisotopic (exact) mass is 530 g/mol. The van der Waals surface area contributed by atoms with E-state index in [0.717, 1.165) is 76.8 Å². The van der Waals surface area contributed by atoms with Gasteiger partial charge in [-0.1, -0.05) is 18.2 Å². The van der Waals surface area contributed by atoms with E-state index >= 15 is 0 Å². The Balaban J connectivity index is 1.48. The fraction of sp³-hybridized carbons (Fsp3) is 0.700. The van der Waals surface area contributed by atoms with Crippen molar-refractivity contribution in [3.63, 3.8) is 0 Å². The molecule has 3 heterocycles. The number of methoxy groups -OCH3 is 1. The van der Waals surface area contributed by atoms with E-state index in [1.165, 1.54) is 10.1 Å². The molecule has 37 heavy (non-hydrogen) atoms. The van der Waals surface area contributed by atoms with Crippen molar-refractivity contribution in [2.24, 2.45) is 17.8 Å². The number of thiophene rings is 1. The number of piperidine rings is 1. The number of aliphatic hydroxyl groups is 1. The van der Waals surface area contributed by atoms with Gasteiger partial charge in [0.25, 0.3) is 0 Å². The van der Waals surface area contributed by atoms with Gasteiger partial charge in [0.1, 0.15) is 0 Å². The summed E-state index contributed by atoms with van der Waals surface area (Å²) in [5.41, 5.74) is 0.0769. The third-order valence-corrected chi connectivity index (χ3v) is 9.48. The van der Waals surface area contributed by atoms with Gasteiger partial charge < -0.3 is 24.8 Å². The van der Waals surface area contributed by atoms with Gasteiger partial charge in [0, 0.05) is 62.6 Å². The molecular formula is C30H46N2O4S. The number of hydrogen-bond donors (Lipinski definition) is 2. The number of rotatable bonds is 13. The number of carbonyl (C=O) groups excluding carboxylic acids is 1. The second kappa shape index (κ2) is 14.0. The summed E-state index contributed by atoms with van der Waals surface area (Å²) >= 11 is 1.70. The zero-order chi connectivity index (χ0) is 26.1. The van der Waals surface area contributed by atoms with Crippen LogP contribution in [0.2, 0.25) is 0 Å². The predicted molar refractivity (Wildman–Crippen MR) is 151 cm³/mol. The Morgan fingerprint density at radius 1 is 1.27 bits per heavy atom. The summed E-state index contributed by atoms with van der Waals surface area (Å²) in [6.45, 7) is 4.68. The van der Waals surface area contributed by atoms with E-state index in [4.69, 9.17) is 9.47 Å². The Bertz CT molecular complexity index is 975. The molecule has 1 aromatic carbocycles. The first-order valence-corrected chi connectivity index (χ1v) is 15.1. The van der Waals surface area contributed by atoms with Crippen LogP contribution < -0.4 is 5.32 Å². The predicted octanol–water partition coefficient (Wildman–Crippen LogP) is 5.19. The van der Waals surface area contributed by atoms with Crippen LogP contribution in [0.4, 0.5) is 0 Å². The van der Waals surface area contributed by atoms with Crippen LogP contribution in [-0.2, 0) is 19.9 Å². The molecule has 1 amide bonds. The van der Waals surface area contributed by atoms with E-state index in [-0.39, 0.29) is 11.8 Å². The fourth-order valence-electron chi connectivity index (χ4n) is 6.48. The summed E-state index contributed by atoms with van der Waals surface area (Å²) in [6, 6.07) is 8.42. The molecule has 3 atom stereocenters. The molecule has 1 unspecified atom stereocenters. The maximum Gasteiger partial charge on any atom is 0.222 e. The van der Waals surface area contributed by atoms with E-state index in [9.17, 15) is 9.90 Å². The second-order valence-electron chi connectivity index (χ2n) is 11.1. The number of ether oxygens (including phenoxy) is 2. The van der Waals surface area contributed by atoms with Crippen molar-refractivity contribution < 1.29 is 19.4 Å². The third-order valence-electron chi connectivity index (χ3n) is 8.51. The molecule has 0 aliphatic carbocycles. The van der Waals surface area contributed by atoms with Crippen LogP contribution in [0.5, 0.6) is 0 Å². The van der Waals surface area contributed by atoms with Crippen molar-refractivity contribution in [2.45, 2.75) is 63.4 Å². The highest BCUT2D eigenvalue weighted by atomic mass is 32.1. The average molecular weight is 531 g/mol. The molecule has 0 spiro atoms. The summed E-state index contributed by atoms with van der Waals surface area (Å²) in [7, 11) is 3.71. The van der Waals surface area contributed by atoms with E-state index < -0.39 is 5.60 Å². The highest BCUT2D eigenvalue weighted by molar-refractivity contribution is 7.17. The lowest BCUT2D eigenvalue weighted by molar-refractivity contribution is -0.137. The summed E-state index contributed by atoms with van der Waals surface area (Å²) in [5, 5.41) is 19.0. The molecule has 0 saturated carbocycles. The molecule has 0 bridgehead atoms. The molecule has 2 fully saturated rings. The number of nitrogens with zero attached hydrogens (tertiary/aromatic N) is 1. The van der Waals surface area contributed by atoms with Crippen LogP contribution in [0, 0.1) is 17.8 Å². The SMILES string of the molecule is CNCC(CC(=O)N1CCC[C@@H]([C@@](O)(CCCCOC)c2cccc3ccsc23)C1)CC1CCOCC1. The normalized spacial score (nSPS) is 21.7. The molecule has 4 rings (SSSR count). The van der Waals surface area contributed by atoms with Crippen LogP contribution in [0.3, 0.4) is 0 Å². The Kier molecular flexibility index (Phi) is 10.8. The van der Waals surface area contributed by atoms with Gasteiger partial charge in [-0.15, -0.1) is 11.3 Å². The van der Waals surface area contributed by atoms with Crippen molar-refractivity contribution in [1.29, 1.82) is 0 Å². The molecule has 1 aromatic heterocycles. The topological polar surface area (TPSA) is 71.0 Å². The average Bonchev–Trinajstić information content (AvgIpc) is 3.41. The maximum atomic E-state index is 13.6. The Hall–Kier alpha value is -1.51. The van der Waals surface area contributed by atoms with Crippen LogP contribution >= 0.6 is 11.3 Å². The maximum absolute atomic E-state index is 13.6. The number of hydrogen-bond acceptors (Lipinski definition) is 6. The first-order valence-electron chi connectivity index (χ1n) is 14.2. The first-order chi connectivity index (χ1) is 18.0. The van der Waals surface area contributed by atoms with Gasteiger partial charge in [0.2, 0.25) is 5.91 Å². The van der Waals surface area contributed by atoms with Crippen molar-refractivity contribution in [3.05, 3.63) is 35.2 Å². The Morgan fingerprint density at radius 2 is 2.11 bits per heavy atom. The number of likely N-dealkylation sites (tertiary alicyclic amines) is 1. The highest BCUT2D eigenvalue weighted by Crippen LogP contribution is 2.44. The van der Waals surface area contributed by atoms with Gasteiger partial charge in [-0.2, -0.15) is 0 Å². The first kappa shape index (κ1) is 28.5. The molecule has 2 aromatic rings.